The van der Waals surface area contributed by atoms with Crippen molar-refractivity contribution in [3.8, 4) is 11.8 Å². The van der Waals surface area contributed by atoms with Crippen LogP contribution in [0.15, 0.2) is 0 Å². The van der Waals surface area contributed by atoms with Gasteiger partial charge in [-0.1, -0.05) is 5.92 Å². The van der Waals surface area contributed by atoms with E-state index in [1.807, 2.05) is 0 Å². The van der Waals surface area contributed by atoms with E-state index in [0.717, 1.165) is 0 Å². The summed E-state index contributed by atoms with van der Waals surface area (Å²) in [4.78, 5) is 26.1. The van der Waals surface area contributed by atoms with Crippen LogP contribution in [0.2, 0.25) is 0 Å². The Morgan fingerprint density at radius 1 is 1.17 bits per heavy atom. The van der Waals surface area contributed by atoms with Crippen molar-refractivity contribution in [2.24, 2.45) is 0 Å². The van der Waals surface area contributed by atoms with Gasteiger partial charge in [0, 0.05) is 14.1 Å². The van der Waals surface area contributed by atoms with E-state index in [4.69, 9.17) is 4.74 Å². The van der Waals surface area contributed by atoms with Crippen LogP contribution in [0.25, 0.3) is 0 Å². The molecule has 0 bridgehead atoms. The molecule has 0 radical (unpaired) electrons. The van der Waals surface area contributed by atoms with Crippen LogP contribution in [-0.2, 0) is 9.53 Å². The summed E-state index contributed by atoms with van der Waals surface area (Å²) in [5.74, 6) is 5.33. The first-order valence-corrected chi connectivity index (χ1v) is 5.75. The number of hydrogen-bond acceptors (Lipinski definition) is 3. The molecule has 0 N–H and O–H groups in total. The van der Waals surface area contributed by atoms with Crippen LogP contribution in [0, 0.1) is 11.8 Å². The minimum Gasteiger partial charge on any atom is -0.444 e. The highest BCUT2D eigenvalue weighted by Crippen LogP contribution is 2.08. The second-order valence-corrected chi connectivity index (χ2v) is 5.01. The van der Waals surface area contributed by atoms with Gasteiger partial charge in [0.1, 0.15) is 12.1 Å². The molecule has 18 heavy (non-hydrogen) atoms. The third-order valence-electron chi connectivity index (χ3n) is 2.00. The van der Waals surface area contributed by atoms with Gasteiger partial charge in [-0.15, -0.1) is 5.92 Å². The van der Waals surface area contributed by atoms with Crippen molar-refractivity contribution in [3.05, 3.63) is 0 Å². The molecule has 0 saturated carbocycles. The van der Waals surface area contributed by atoms with Gasteiger partial charge in [-0.05, 0) is 27.7 Å². The van der Waals surface area contributed by atoms with Crippen molar-refractivity contribution in [2.45, 2.75) is 33.3 Å². The topological polar surface area (TPSA) is 49.9 Å². The smallest absolute Gasteiger partial charge is 0.410 e. The third kappa shape index (κ3) is 6.79. The normalized spacial score (nSPS) is 10.1. The Bertz CT molecular complexity index is 361. The van der Waals surface area contributed by atoms with Crippen molar-refractivity contribution < 1.29 is 14.3 Å². The van der Waals surface area contributed by atoms with Crippen LogP contribution in [0.5, 0.6) is 0 Å². The van der Waals surface area contributed by atoms with Crippen LogP contribution in [0.3, 0.4) is 0 Å². The van der Waals surface area contributed by atoms with Gasteiger partial charge in [-0.25, -0.2) is 4.79 Å². The van der Waals surface area contributed by atoms with Gasteiger partial charge in [0.15, 0.2) is 0 Å². The Labute approximate surface area is 109 Å². The standard InChI is InChI=1S/C13H22N2O3/c1-7-8-9-14(5)11(16)10-15(6)12(17)18-13(2,3)4/h9-10H2,1-6H3. The molecule has 2 amide bonds. The van der Waals surface area contributed by atoms with Gasteiger partial charge in [0.05, 0.1) is 6.54 Å². The van der Waals surface area contributed by atoms with Gasteiger partial charge >= 0.3 is 6.09 Å². The summed E-state index contributed by atoms with van der Waals surface area (Å²) < 4.78 is 5.15. The number of amides is 2. The summed E-state index contributed by atoms with van der Waals surface area (Å²) in [5, 5.41) is 0. The maximum absolute atomic E-state index is 11.7. The van der Waals surface area contributed by atoms with E-state index in [2.05, 4.69) is 11.8 Å². The van der Waals surface area contributed by atoms with E-state index in [0.29, 0.717) is 6.54 Å². The molecule has 0 aliphatic rings. The zero-order valence-electron chi connectivity index (χ0n) is 12.0. The predicted molar refractivity (Wildman–Crippen MR) is 70.0 cm³/mol. The van der Waals surface area contributed by atoms with Crippen molar-refractivity contribution in [1.29, 1.82) is 0 Å². The average Bonchev–Trinajstić information content (AvgIpc) is 2.23. The Morgan fingerprint density at radius 2 is 1.72 bits per heavy atom. The van der Waals surface area contributed by atoms with Gasteiger partial charge in [-0.2, -0.15) is 0 Å². The first kappa shape index (κ1) is 16.3. The maximum Gasteiger partial charge on any atom is 0.410 e. The van der Waals surface area contributed by atoms with Crippen molar-refractivity contribution in [2.75, 3.05) is 27.2 Å². The van der Waals surface area contributed by atoms with Gasteiger partial charge in [-0.3, -0.25) is 4.79 Å². The Kier molecular flexibility index (Phi) is 6.24. The molecule has 0 spiro atoms. The molecule has 0 aromatic heterocycles. The van der Waals surface area contributed by atoms with Crippen LogP contribution in [-0.4, -0.2) is 54.6 Å². The molecule has 0 fully saturated rings. The molecule has 0 aromatic carbocycles. The predicted octanol–water partition coefficient (Wildman–Crippen LogP) is 1.33. The largest absolute Gasteiger partial charge is 0.444 e. The highest BCUT2D eigenvalue weighted by Gasteiger charge is 2.21. The lowest BCUT2D eigenvalue weighted by atomic mass is 10.2. The van der Waals surface area contributed by atoms with Crippen LogP contribution in [0.4, 0.5) is 4.79 Å². The van der Waals surface area contributed by atoms with E-state index in [-0.39, 0.29) is 12.5 Å². The molecule has 5 nitrogen and oxygen atoms in total. The Morgan fingerprint density at radius 3 is 2.17 bits per heavy atom. The van der Waals surface area contributed by atoms with Gasteiger partial charge < -0.3 is 14.5 Å². The number of likely N-dealkylation sites (N-methyl/N-ethyl adjacent to an activating group) is 2. The average molecular weight is 254 g/mol. The van der Waals surface area contributed by atoms with E-state index >= 15 is 0 Å². The fourth-order valence-corrected chi connectivity index (χ4v) is 1.01. The summed E-state index contributed by atoms with van der Waals surface area (Å²) in [6.07, 6.45) is -0.508. The van der Waals surface area contributed by atoms with Crippen LogP contribution >= 0.6 is 0 Å². The van der Waals surface area contributed by atoms with Crippen LogP contribution in [0.1, 0.15) is 27.7 Å². The molecular formula is C13H22N2O3. The maximum atomic E-state index is 11.7. The molecule has 0 rings (SSSR count). The summed E-state index contributed by atoms with van der Waals surface area (Å²) in [6, 6.07) is 0. The van der Waals surface area contributed by atoms with Crippen molar-refractivity contribution in [1.82, 2.24) is 9.80 Å². The first-order chi connectivity index (χ1) is 8.17. The molecule has 5 heteroatoms. The number of ether oxygens (including phenoxy) is 1. The summed E-state index contributed by atoms with van der Waals surface area (Å²) in [7, 11) is 3.18. The molecule has 0 atom stereocenters. The Hall–Kier alpha value is -1.70. The van der Waals surface area contributed by atoms with E-state index in [1.165, 1.54) is 16.8 Å². The lowest BCUT2D eigenvalue weighted by Gasteiger charge is -2.25. The quantitative estimate of drug-likeness (QED) is 0.714. The second-order valence-electron chi connectivity index (χ2n) is 5.01. The fraction of sp³-hybridized carbons (Fsp3) is 0.692. The number of carbonyl (C=O) groups excluding carboxylic acids is 2. The van der Waals surface area contributed by atoms with E-state index in [1.54, 1.807) is 34.7 Å². The van der Waals surface area contributed by atoms with Gasteiger partial charge in [0.2, 0.25) is 5.91 Å². The SMILES string of the molecule is CC#CCN(C)C(=O)CN(C)C(=O)OC(C)(C)C. The summed E-state index contributed by atoms with van der Waals surface area (Å²) in [5.41, 5.74) is -0.562. The molecule has 0 saturated heterocycles. The monoisotopic (exact) mass is 254 g/mol. The first-order valence-electron chi connectivity index (χ1n) is 5.75. The lowest BCUT2D eigenvalue weighted by molar-refractivity contribution is -0.130. The number of hydrogen-bond donors (Lipinski definition) is 0. The van der Waals surface area contributed by atoms with E-state index < -0.39 is 11.7 Å². The molecule has 102 valence electrons. The minimum absolute atomic E-state index is 0.0171. The fourth-order valence-electron chi connectivity index (χ4n) is 1.01. The Balaban J connectivity index is 4.29. The highest BCUT2D eigenvalue weighted by atomic mass is 16.6. The minimum atomic E-state index is -0.562. The zero-order valence-corrected chi connectivity index (χ0v) is 12.0. The van der Waals surface area contributed by atoms with Gasteiger partial charge in [0.25, 0.3) is 0 Å². The second kappa shape index (κ2) is 6.90. The highest BCUT2D eigenvalue weighted by molar-refractivity contribution is 5.82. The number of rotatable bonds is 3. The zero-order chi connectivity index (χ0) is 14.3. The van der Waals surface area contributed by atoms with Crippen molar-refractivity contribution >= 4 is 12.0 Å². The molecule has 0 aliphatic carbocycles. The molecule has 0 aliphatic heterocycles. The molecule has 0 unspecified atom stereocenters. The summed E-state index contributed by atoms with van der Waals surface area (Å²) in [6.45, 7) is 7.40. The summed E-state index contributed by atoms with van der Waals surface area (Å²) >= 11 is 0. The third-order valence-corrected chi connectivity index (χ3v) is 2.00. The molecule has 0 heterocycles. The molecule has 0 aromatic rings. The number of carbonyl (C=O) groups is 2. The number of nitrogens with zero attached hydrogens (tertiary/aromatic N) is 2. The lowest BCUT2D eigenvalue weighted by Crippen LogP contribution is -2.41. The van der Waals surface area contributed by atoms with E-state index in [9.17, 15) is 9.59 Å². The van der Waals surface area contributed by atoms with Crippen LogP contribution < -0.4 is 0 Å². The molecular weight excluding hydrogens is 232 g/mol. The van der Waals surface area contributed by atoms with Crippen molar-refractivity contribution in [3.63, 3.8) is 0 Å².